The van der Waals surface area contributed by atoms with Crippen LogP contribution in [0.3, 0.4) is 0 Å². The highest BCUT2D eigenvalue weighted by Gasteiger charge is 2.14. The monoisotopic (exact) mass is 333 g/mol. The second kappa shape index (κ2) is 7.18. The van der Waals surface area contributed by atoms with E-state index in [1.807, 2.05) is 0 Å². The van der Waals surface area contributed by atoms with Crippen molar-refractivity contribution in [2.24, 2.45) is 0 Å². The highest BCUT2D eigenvalue weighted by Crippen LogP contribution is 2.17. The topological polar surface area (TPSA) is 111 Å². The Morgan fingerprint density at radius 3 is 2.25 bits per heavy atom. The number of hydrazine groups is 1. The minimum absolute atomic E-state index is 0.00888. The van der Waals surface area contributed by atoms with Gasteiger partial charge < -0.3 is 4.74 Å². The molecule has 9 heteroatoms. The Labute approximate surface area is 135 Å². The predicted octanol–water partition coefficient (Wildman–Crippen LogP) is 1.82. The number of methoxy groups -OCH3 is 1. The van der Waals surface area contributed by atoms with E-state index in [4.69, 9.17) is 4.74 Å². The van der Waals surface area contributed by atoms with Crippen LogP contribution in [0.4, 0.5) is 10.1 Å². The maximum Gasteiger partial charge on any atom is 0.270 e. The molecule has 0 aliphatic heterocycles. The van der Waals surface area contributed by atoms with E-state index in [0.717, 1.165) is 12.1 Å². The molecule has 0 spiro atoms. The number of carbonyl (C=O) groups excluding carboxylic acids is 2. The van der Waals surface area contributed by atoms with Crippen LogP contribution in [-0.2, 0) is 0 Å². The molecule has 2 aromatic carbocycles. The number of nitro benzene ring substituents is 1. The second-order valence-electron chi connectivity index (χ2n) is 4.57. The van der Waals surface area contributed by atoms with Crippen molar-refractivity contribution in [3.05, 3.63) is 69.5 Å². The van der Waals surface area contributed by atoms with Crippen LogP contribution in [0.1, 0.15) is 20.7 Å². The molecule has 2 amide bonds. The van der Waals surface area contributed by atoms with Gasteiger partial charge >= 0.3 is 0 Å². The molecule has 8 nitrogen and oxygen atoms in total. The van der Waals surface area contributed by atoms with Crippen molar-refractivity contribution in [1.82, 2.24) is 10.9 Å². The van der Waals surface area contributed by atoms with E-state index in [2.05, 4.69) is 10.9 Å². The van der Waals surface area contributed by atoms with Gasteiger partial charge in [0.05, 0.1) is 12.0 Å². The lowest BCUT2D eigenvalue weighted by Crippen LogP contribution is -2.41. The summed E-state index contributed by atoms with van der Waals surface area (Å²) in [6.45, 7) is 0. The Hall–Kier alpha value is -3.49. The first kappa shape index (κ1) is 16.9. The van der Waals surface area contributed by atoms with Crippen LogP contribution < -0.4 is 15.6 Å². The zero-order chi connectivity index (χ0) is 17.7. The number of carbonyl (C=O) groups is 2. The second-order valence-corrected chi connectivity index (χ2v) is 4.57. The Balaban J connectivity index is 2.03. The summed E-state index contributed by atoms with van der Waals surface area (Å²) in [4.78, 5) is 33.8. The van der Waals surface area contributed by atoms with Gasteiger partial charge in [0, 0.05) is 23.3 Å². The average Bonchev–Trinajstić information content (AvgIpc) is 2.59. The van der Waals surface area contributed by atoms with E-state index in [9.17, 15) is 24.1 Å². The van der Waals surface area contributed by atoms with Crippen molar-refractivity contribution < 1.29 is 23.6 Å². The molecular formula is C15H12FN3O5. The number of amides is 2. The molecule has 0 aliphatic carbocycles. The molecule has 0 heterocycles. The SMILES string of the molecule is COc1ccc(C(=O)NNC(=O)c2cccc([N+](=O)[O-])c2)cc1F. The van der Waals surface area contributed by atoms with Gasteiger partial charge in [0.2, 0.25) is 0 Å². The summed E-state index contributed by atoms with van der Waals surface area (Å²) in [6, 6.07) is 8.52. The van der Waals surface area contributed by atoms with Crippen LogP contribution >= 0.6 is 0 Å². The molecule has 0 unspecified atom stereocenters. The third kappa shape index (κ3) is 3.83. The van der Waals surface area contributed by atoms with Crippen molar-refractivity contribution >= 4 is 17.5 Å². The lowest BCUT2D eigenvalue weighted by Gasteiger charge is -2.08. The molecule has 0 bridgehead atoms. The van der Waals surface area contributed by atoms with Crippen molar-refractivity contribution in [2.75, 3.05) is 7.11 Å². The quantitative estimate of drug-likeness (QED) is 0.655. The zero-order valence-electron chi connectivity index (χ0n) is 12.4. The number of ether oxygens (including phenoxy) is 1. The molecule has 0 aromatic heterocycles. The predicted molar refractivity (Wildman–Crippen MR) is 81.0 cm³/mol. The number of nitro groups is 1. The van der Waals surface area contributed by atoms with E-state index in [1.165, 1.54) is 37.4 Å². The summed E-state index contributed by atoms with van der Waals surface area (Å²) < 4.78 is 18.3. The van der Waals surface area contributed by atoms with Crippen LogP contribution in [0.2, 0.25) is 0 Å². The van der Waals surface area contributed by atoms with Gasteiger partial charge in [-0.3, -0.25) is 30.6 Å². The number of non-ortho nitro benzene ring substituents is 1. The van der Waals surface area contributed by atoms with E-state index in [-0.39, 0.29) is 22.6 Å². The van der Waals surface area contributed by atoms with Gasteiger partial charge in [0.25, 0.3) is 17.5 Å². The zero-order valence-corrected chi connectivity index (χ0v) is 12.4. The number of hydrogen-bond acceptors (Lipinski definition) is 5. The van der Waals surface area contributed by atoms with Gasteiger partial charge in [-0.15, -0.1) is 0 Å². The Morgan fingerprint density at radius 1 is 1.08 bits per heavy atom. The highest BCUT2D eigenvalue weighted by atomic mass is 19.1. The summed E-state index contributed by atoms with van der Waals surface area (Å²) in [7, 11) is 1.29. The molecule has 2 aromatic rings. The van der Waals surface area contributed by atoms with Gasteiger partial charge in [-0.05, 0) is 24.3 Å². The molecule has 124 valence electrons. The molecule has 0 radical (unpaired) electrons. The number of nitrogens with one attached hydrogen (secondary N) is 2. The summed E-state index contributed by atoms with van der Waals surface area (Å²) in [5.41, 5.74) is 3.89. The number of hydrogen-bond donors (Lipinski definition) is 2. The lowest BCUT2D eigenvalue weighted by molar-refractivity contribution is -0.384. The number of halogens is 1. The summed E-state index contributed by atoms with van der Waals surface area (Å²) in [6.07, 6.45) is 0. The molecule has 2 N–H and O–H groups in total. The van der Waals surface area contributed by atoms with E-state index >= 15 is 0 Å². The Kier molecular flexibility index (Phi) is 5.05. The average molecular weight is 333 g/mol. The summed E-state index contributed by atoms with van der Waals surface area (Å²) in [5.74, 6) is -2.25. The van der Waals surface area contributed by atoms with Crippen LogP contribution in [0, 0.1) is 15.9 Å². The van der Waals surface area contributed by atoms with Gasteiger partial charge in [-0.25, -0.2) is 4.39 Å². The first-order valence-corrected chi connectivity index (χ1v) is 6.61. The molecule has 0 saturated heterocycles. The molecule has 0 atom stereocenters. The molecule has 0 fully saturated rings. The van der Waals surface area contributed by atoms with E-state index < -0.39 is 22.6 Å². The fourth-order valence-corrected chi connectivity index (χ4v) is 1.83. The minimum atomic E-state index is -0.754. The number of rotatable bonds is 4. The van der Waals surface area contributed by atoms with Crippen molar-refractivity contribution in [3.63, 3.8) is 0 Å². The van der Waals surface area contributed by atoms with Gasteiger partial charge in [0.15, 0.2) is 11.6 Å². The Bertz CT molecular complexity index is 809. The standard InChI is InChI=1S/C15H12FN3O5/c1-24-13-6-5-10(8-12(13)16)15(21)18-17-14(20)9-3-2-4-11(7-9)19(22)23/h2-8H,1H3,(H,17,20)(H,18,21). The normalized spacial score (nSPS) is 9.92. The van der Waals surface area contributed by atoms with Gasteiger partial charge in [-0.1, -0.05) is 6.07 Å². The maximum atomic E-state index is 13.5. The summed E-state index contributed by atoms with van der Waals surface area (Å²) in [5, 5.41) is 10.7. The largest absolute Gasteiger partial charge is 0.494 e. The third-order valence-electron chi connectivity index (χ3n) is 3.02. The fourth-order valence-electron chi connectivity index (χ4n) is 1.83. The smallest absolute Gasteiger partial charge is 0.270 e. The lowest BCUT2D eigenvalue weighted by atomic mass is 10.2. The molecule has 2 rings (SSSR count). The van der Waals surface area contributed by atoms with Crippen LogP contribution in [0.25, 0.3) is 0 Å². The van der Waals surface area contributed by atoms with E-state index in [1.54, 1.807) is 0 Å². The van der Waals surface area contributed by atoms with Crippen LogP contribution in [-0.4, -0.2) is 23.8 Å². The van der Waals surface area contributed by atoms with Gasteiger partial charge in [0.1, 0.15) is 0 Å². The van der Waals surface area contributed by atoms with Crippen LogP contribution in [0.15, 0.2) is 42.5 Å². The van der Waals surface area contributed by atoms with Crippen molar-refractivity contribution in [1.29, 1.82) is 0 Å². The van der Waals surface area contributed by atoms with E-state index in [0.29, 0.717) is 0 Å². The molecular weight excluding hydrogens is 321 g/mol. The molecule has 0 aliphatic rings. The van der Waals surface area contributed by atoms with Gasteiger partial charge in [-0.2, -0.15) is 0 Å². The third-order valence-corrected chi connectivity index (χ3v) is 3.02. The van der Waals surface area contributed by atoms with Crippen molar-refractivity contribution in [2.45, 2.75) is 0 Å². The molecule has 24 heavy (non-hydrogen) atoms. The fraction of sp³-hybridized carbons (Fsp3) is 0.0667. The first-order chi connectivity index (χ1) is 11.4. The first-order valence-electron chi connectivity index (χ1n) is 6.61. The Morgan fingerprint density at radius 2 is 1.71 bits per heavy atom. The highest BCUT2D eigenvalue weighted by molar-refractivity contribution is 5.99. The maximum absolute atomic E-state index is 13.5. The van der Waals surface area contributed by atoms with Crippen molar-refractivity contribution in [3.8, 4) is 5.75 Å². The number of benzene rings is 2. The van der Waals surface area contributed by atoms with Crippen LogP contribution in [0.5, 0.6) is 5.75 Å². The number of nitrogens with zero attached hydrogens (tertiary/aromatic N) is 1. The summed E-state index contributed by atoms with van der Waals surface area (Å²) >= 11 is 0. The minimum Gasteiger partial charge on any atom is -0.494 e. The molecule has 0 saturated carbocycles.